The van der Waals surface area contributed by atoms with Crippen molar-refractivity contribution >= 4 is 23.5 Å². The fourth-order valence-corrected chi connectivity index (χ4v) is 3.10. The Bertz CT molecular complexity index is 1050. The van der Waals surface area contributed by atoms with Crippen LogP contribution in [0.1, 0.15) is 33.3 Å². The van der Waals surface area contributed by atoms with Gasteiger partial charge in [-0.1, -0.05) is 11.6 Å². The number of aromatic nitrogens is 2. The molecule has 0 aliphatic heterocycles. The van der Waals surface area contributed by atoms with Crippen molar-refractivity contribution in [3.05, 3.63) is 76.6 Å². The van der Waals surface area contributed by atoms with Crippen LogP contribution in [0.5, 0.6) is 5.75 Å². The summed E-state index contributed by atoms with van der Waals surface area (Å²) in [5.74, 6) is 0.183. The molecule has 0 unspecified atom stereocenters. The first kappa shape index (κ1) is 22.4. The number of halogens is 1. The van der Waals surface area contributed by atoms with E-state index in [4.69, 9.17) is 21.1 Å². The summed E-state index contributed by atoms with van der Waals surface area (Å²) in [5.41, 5.74) is 2.39. The highest BCUT2D eigenvalue weighted by Gasteiger charge is 2.17. The number of ether oxygens (including phenoxy) is 2. The molecule has 0 saturated carbocycles. The lowest BCUT2D eigenvalue weighted by Gasteiger charge is -2.18. The second-order valence-corrected chi connectivity index (χ2v) is 7.29. The van der Waals surface area contributed by atoms with E-state index in [1.54, 1.807) is 79.0 Å². The smallest absolute Gasteiger partial charge is 0.341 e. The topological polar surface area (TPSA) is 73.7 Å². The van der Waals surface area contributed by atoms with Crippen LogP contribution in [0.25, 0.3) is 5.69 Å². The molecular weight excluding hydrogens is 418 g/mol. The third-order valence-electron chi connectivity index (χ3n) is 4.72. The first-order valence-electron chi connectivity index (χ1n) is 9.86. The molecule has 31 heavy (non-hydrogen) atoms. The molecule has 7 nitrogen and oxygen atoms in total. The molecule has 0 fully saturated rings. The minimum atomic E-state index is -0.402. The molecule has 1 aromatic heterocycles. The molecule has 0 radical (unpaired) electrons. The Labute approximate surface area is 186 Å². The molecule has 0 saturated heterocycles. The number of benzene rings is 2. The van der Waals surface area contributed by atoms with E-state index in [1.165, 1.54) is 6.20 Å². The summed E-state index contributed by atoms with van der Waals surface area (Å²) in [6, 6.07) is 14.1. The Morgan fingerprint density at radius 3 is 2.42 bits per heavy atom. The van der Waals surface area contributed by atoms with Crippen LogP contribution in [0.15, 0.2) is 54.7 Å². The molecule has 3 rings (SSSR count). The minimum absolute atomic E-state index is 0.115. The van der Waals surface area contributed by atoms with Crippen LogP contribution >= 0.6 is 11.6 Å². The van der Waals surface area contributed by atoms with Crippen LogP contribution < -0.4 is 4.74 Å². The molecule has 0 aliphatic carbocycles. The molecule has 1 amide bonds. The van der Waals surface area contributed by atoms with Crippen molar-refractivity contribution in [2.45, 2.75) is 13.8 Å². The largest absolute Gasteiger partial charge is 0.492 e. The van der Waals surface area contributed by atoms with Gasteiger partial charge in [-0.2, -0.15) is 5.10 Å². The Hall–Kier alpha value is -3.32. The Morgan fingerprint density at radius 2 is 1.77 bits per heavy atom. The maximum Gasteiger partial charge on any atom is 0.341 e. The first-order chi connectivity index (χ1) is 14.9. The van der Waals surface area contributed by atoms with Crippen LogP contribution in [0.3, 0.4) is 0 Å². The molecule has 1 heterocycles. The van der Waals surface area contributed by atoms with Gasteiger partial charge in [-0.3, -0.25) is 4.79 Å². The number of carbonyl (C=O) groups is 2. The molecule has 0 atom stereocenters. The zero-order valence-electron chi connectivity index (χ0n) is 17.7. The van der Waals surface area contributed by atoms with E-state index < -0.39 is 5.97 Å². The summed E-state index contributed by atoms with van der Waals surface area (Å²) in [4.78, 5) is 26.3. The highest BCUT2D eigenvalue weighted by molar-refractivity contribution is 6.30. The quantitative estimate of drug-likeness (QED) is 0.491. The highest BCUT2D eigenvalue weighted by Crippen LogP contribution is 2.17. The number of hydrogen-bond acceptors (Lipinski definition) is 5. The molecule has 162 valence electrons. The fraction of sp³-hybridized carbons (Fsp3) is 0.261. The monoisotopic (exact) mass is 441 g/mol. The second kappa shape index (κ2) is 10.1. The normalized spacial score (nSPS) is 10.6. The lowest BCUT2D eigenvalue weighted by atomic mass is 10.1. The van der Waals surface area contributed by atoms with Gasteiger partial charge in [-0.15, -0.1) is 0 Å². The van der Waals surface area contributed by atoms with Crippen molar-refractivity contribution < 1.29 is 19.1 Å². The van der Waals surface area contributed by atoms with Gasteiger partial charge in [-0.25, -0.2) is 9.48 Å². The molecular formula is C23H24ClN3O4. The molecule has 3 aromatic rings. The Morgan fingerprint density at radius 1 is 1.10 bits per heavy atom. The molecule has 2 aromatic carbocycles. The number of esters is 1. The van der Waals surface area contributed by atoms with Crippen molar-refractivity contribution in [3.63, 3.8) is 0 Å². The van der Waals surface area contributed by atoms with Crippen molar-refractivity contribution in [2.24, 2.45) is 0 Å². The number of rotatable bonds is 8. The van der Waals surface area contributed by atoms with Crippen LogP contribution in [0.2, 0.25) is 5.02 Å². The minimum Gasteiger partial charge on any atom is -0.492 e. The summed E-state index contributed by atoms with van der Waals surface area (Å²) in [7, 11) is 1.73. The summed E-state index contributed by atoms with van der Waals surface area (Å²) < 4.78 is 12.3. The van der Waals surface area contributed by atoms with Crippen molar-refractivity contribution in [2.75, 3.05) is 26.8 Å². The maximum absolute atomic E-state index is 12.7. The van der Waals surface area contributed by atoms with Crippen LogP contribution in [0, 0.1) is 6.92 Å². The summed E-state index contributed by atoms with van der Waals surface area (Å²) in [5, 5.41) is 4.91. The van der Waals surface area contributed by atoms with Gasteiger partial charge < -0.3 is 14.4 Å². The van der Waals surface area contributed by atoms with Gasteiger partial charge in [0, 0.05) is 17.6 Å². The maximum atomic E-state index is 12.7. The number of likely N-dealkylation sites (N-methyl/N-ethyl adjacent to an activating group) is 1. The van der Waals surface area contributed by atoms with E-state index in [9.17, 15) is 9.59 Å². The zero-order valence-corrected chi connectivity index (χ0v) is 18.4. The molecule has 0 N–H and O–H groups in total. The average molecular weight is 442 g/mol. The molecule has 0 spiro atoms. The van der Waals surface area contributed by atoms with Gasteiger partial charge in [-0.05, 0) is 62.4 Å². The van der Waals surface area contributed by atoms with Crippen molar-refractivity contribution in [3.8, 4) is 11.4 Å². The Balaban J connectivity index is 1.60. The second-order valence-electron chi connectivity index (χ2n) is 6.85. The van der Waals surface area contributed by atoms with E-state index in [2.05, 4.69) is 5.10 Å². The lowest BCUT2D eigenvalue weighted by Crippen LogP contribution is -2.30. The van der Waals surface area contributed by atoms with Gasteiger partial charge in [0.05, 0.1) is 30.7 Å². The van der Waals surface area contributed by atoms with E-state index >= 15 is 0 Å². The fourth-order valence-electron chi connectivity index (χ4n) is 2.98. The van der Waals surface area contributed by atoms with Crippen LogP contribution in [-0.4, -0.2) is 53.4 Å². The van der Waals surface area contributed by atoms with E-state index in [-0.39, 0.29) is 5.91 Å². The lowest BCUT2D eigenvalue weighted by molar-refractivity contribution is 0.0525. The molecule has 8 heteroatoms. The van der Waals surface area contributed by atoms with E-state index in [0.717, 1.165) is 5.69 Å². The predicted octanol–water partition coefficient (Wildman–Crippen LogP) is 4.16. The highest BCUT2D eigenvalue weighted by atomic mass is 35.5. The number of carbonyl (C=O) groups excluding carboxylic acids is 2. The van der Waals surface area contributed by atoms with Gasteiger partial charge in [0.15, 0.2) is 0 Å². The van der Waals surface area contributed by atoms with E-state index in [1.807, 2.05) is 0 Å². The molecule has 0 aliphatic rings. The summed E-state index contributed by atoms with van der Waals surface area (Å²) >= 11 is 5.86. The van der Waals surface area contributed by atoms with Gasteiger partial charge in [0.1, 0.15) is 17.9 Å². The number of nitrogens with zero attached hydrogens (tertiary/aromatic N) is 3. The zero-order chi connectivity index (χ0) is 22.4. The van der Waals surface area contributed by atoms with Crippen molar-refractivity contribution in [1.82, 2.24) is 14.7 Å². The van der Waals surface area contributed by atoms with Crippen LogP contribution in [-0.2, 0) is 4.74 Å². The predicted molar refractivity (Wildman–Crippen MR) is 118 cm³/mol. The van der Waals surface area contributed by atoms with Gasteiger partial charge in [0.2, 0.25) is 0 Å². The van der Waals surface area contributed by atoms with Gasteiger partial charge in [0.25, 0.3) is 5.91 Å². The standard InChI is InChI=1S/C23H24ClN3O4/c1-4-30-23(29)21-15-25-27(16(21)2)19-9-5-17(6-10-19)22(28)26(3)13-14-31-20-11-7-18(24)8-12-20/h5-12,15H,4,13-14H2,1-3H3. The summed E-state index contributed by atoms with van der Waals surface area (Å²) in [6.07, 6.45) is 1.49. The number of amides is 1. The first-order valence-corrected chi connectivity index (χ1v) is 10.2. The Kier molecular flexibility index (Phi) is 7.31. The van der Waals surface area contributed by atoms with Gasteiger partial charge >= 0.3 is 5.97 Å². The third-order valence-corrected chi connectivity index (χ3v) is 4.97. The average Bonchev–Trinajstić information content (AvgIpc) is 3.16. The third kappa shape index (κ3) is 5.44. The summed E-state index contributed by atoms with van der Waals surface area (Å²) in [6.45, 7) is 4.66. The number of hydrogen-bond donors (Lipinski definition) is 0. The van der Waals surface area contributed by atoms with E-state index in [0.29, 0.717) is 47.4 Å². The molecule has 0 bridgehead atoms. The van der Waals surface area contributed by atoms with Crippen molar-refractivity contribution in [1.29, 1.82) is 0 Å². The SMILES string of the molecule is CCOC(=O)c1cnn(-c2ccc(C(=O)N(C)CCOc3ccc(Cl)cc3)cc2)c1C. The van der Waals surface area contributed by atoms with Crippen LogP contribution in [0.4, 0.5) is 0 Å².